The molecule has 0 spiro atoms. The van der Waals surface area contributed by atoms with Crippen molar-refractivity contribution < 1.29 is 23.9 Å². The van der Waals surface area contributed by atoms with E-state index in [1.54, 1.807) is 66.0 Å². The number of amides is 3. The molecular weight excluding hydrogens is 434 g/mol. The van der Waals surface area contributed by atoms with E-state index >= 15 is 0 Å². The zero-order valence-electron chi connectivity index (χ0n) is 21.0. The van der Waals surface area contributed by atoms with E-state index < -0.39 is 29.7 Å². The lowest BCUT2D eigenvalue weighted by atomic mass is 10.0. The molecule has 0 bridgehead atoms. The molecule has 2 unspecified atom stereocenters. The number of rotatable bonds is 8. The molecule has 0 aromatic heterocycles. The third-order valence-corrected chi connectivity index (χ3v) is 5.00. The third-order valence-electron chi connectivity index (χ3n) is 5.00. The van der Waals surface area contributed by atoms with Crippen LogP contribution in [-0.4, -0.2) is 48.1 Å². The fourth-order valence-electron chi connectivity index (χ4n) is 3.46. The average Bonchev–Trinajstić information content (AvgIpc) is 2.75. The monoisotopic (exact) mass is 469 g/mol. The van der Waals surface area contributed by atoms with Crippen LogP contribution >= 0.6 is 0 Å². The van der Waals surface area contributed by atoms with Crippen LogP contribution in [0.1, 0.15) is 51.8 Å². The fraction of sp³-hybridized carbons (Fsp3) is 0.423. The number of hydrogen-bond acceptors (Lipinski definition) is 5. The van der Waals surface area contributed by atoms with Gasteiger partial charge in [0.1, 0.15) is 23.4 Å². The molecule has 8 nitrogen and oxygen atoms in total. The van der Waals surface area contributed by atoms with Crippen molar-refractivity contribution in [2.45, 2.75) is 59.2 Å². The number of aryl methyl sites for hydroxylation is 1. The van der Waals surface area contributed by atoms with Gasteiger partial charge in [-0.05, 0) is 71.4 Å². The number of nitrogens with zero attached hydrogens (tertiary/aromatic N) is 1. The van der Waals surface area contributed by atoms with Gasteiger partial charge in [0.25, 0.3) is 5.91 Å². The number of ether oxygens (including phenoxy) is 2. The molecule has 184 valence electrons. The van der Waals surface area contributed by atoms with Gasteiger partial charge in [-0.25, -0.2) is 4.79 Å². The molecule has 34 heavy (non-hydrogen) atoms. The zero-order valence-corrected chi connectivity index (χ0v) is 21.0. The van der Waals surface area contributed by atoms with E-state index in [0.717, 1.165) is 5.56 Å². The largest absolute Gasteiger partial charge is 0.497 e. The number of carbonyl (C=O) groups excluding carboxylic acids is 3. The van der Waals surface area contributed by atoms with Gasteiger partial charge in [0, 0.05) is 12.2 Å². The average molecular weight is 470 g/mol. The van der Waals surface area contributed by atoms with Gasteiger partial charge in [-0.15, -0.1) is 0 Å². The highest BCUT2D eigenvalue weighted by Gasteiger charge is 2.34. The highest BCUT2D eigenvalue weighted by Crippen LogP contribution is 2.25. The van der Waals surface area contributed by atoms with E-state index in [4.69, 9.17) is 9.47 Å². The van der Waals surface area contributed by atoms with Crippen molar-refractivity contribution in [2.24, 2.45) is 0 Å². The maximum Gasteiger partial charge on any atom is 0.408 e. The summed E-state index contributed by atoms with van der Waals surface area (Å²) in [7, 11) is 1.57. The minimum Gasteiger partial charge on any atom is -0.497 e. The van der Waals surface area contributed by atoms with Crippen LogP contribution < -0.4 is 15.4 Å². The Balaban J connectivity index is 2.32. The number of carbonyl (C=O) groups is 3. The van der Waals surface area contributed by atoms with Gasteiger partial charge < -0.3 is 25.0 Å². The molecule has 0 fully saturated rings. The topological polar surface area (TPSA) is 97.0 Å². The van der Waals surface area contributed by atoms with Crippen molar-refractivity contribution in [1.29, 1.82) is 0 Å². The summed E-state index contributed by atoms with van der Waals surface area (Å²) in [6, 6.07) is 12.6. The van der Waals surface area contributed by atoms with E-state index in [2.05, 4.69) is 10.6 Å². The summed E-state index contributed by atoms with van der Waals surface area (Å²) in [4.78, 5) is 40.5. The Labute approximate surface area is 201 Å². The number of nitrogens with one attached hydrogen (secondary N) is 2. The molecule has 8 heteroatoms. The van der Waals surface area contributed by atoms with Gasteiger partial charge in [0.15, 0.2) is 0 Å². The second-order valence-electron chi connectivity index (χ2n) is 9.03. The van der Waals surface area contributed by atoms with Crippen LogP contribution in [0.5, 0.6) is 5.75 Å². The van der Waals surface area contributed by atoms with Gasteiger partial charge in [0.2, 0.25) is 5.91 Å². The first-order valence-electron chi connectivity index (χ1n) is 11.3. The highest BCUT2D eigenvalue weighted by atomic mass is 16.6. The Morgan fingerprint density at radius 1 is 1.06 bits per heavy atom. The van der Waals surface area contributed by atoms with Gasteiger partial charge in [0.05, 0.1) is 7.11 Å². The first-order chi connectivity index (χ1) is 15.9. The molecule has 2 N–H and O–H groups in total. The summed E-state index contributed by atoms with van der Waals surface area (Å²) in [6.45, 7) is 10.8. The predicted molar refractivity (Wildman–Crippen MR) is 132 cm³/mol. The van der Waals surface area contributed by atoms with Crippen molar-refractivity contribution >= 4 is 23.6 Å². The number of methoxy groups -OCH3 is 1. The van der Waals surface area contributed by atoms with Crippen LogP contribution in [0.4, 0.5) is 10.5 Å². The summed E-state index contributed by atoms with van der Waals surface area (Å²) in [5.74, 6) is -0.0965. The SMILES string of the molecule is CCN(C(=O)C(C)NC(=O)OC(C)(C)C)C(C(=O)Nc1ccc(OC)cc1)c1cccc(C)c1. The molecule has 2 aromatic rings. The Kier molecular flexibility index (Phi) is 9.06. The van der Waals surface area contributed by atoms with Crippen molar-refractivity contribution in [2.75, 3.05) is 19.0 Å². The molecule has 0 radical (unpaired) electrons. The third kappa shape index (κ3) is 7.50. The summed E-state index contributed by atoms with van der Waals surface area (Å²) in [6.07, 6.45) is -0.695. The van der Waals surface area contributed by atoms with Crippen LogP contribution in [0, 0.1) is 6.92 Å². The van der Waals surface area contributed by atoms with E-state index in [1.165, 1.54) is 4.90 Å². The van der Waals surface area contributed by atoms with E-state index in [-0.39, 0.29) is 12.5 Å². The summed E-state index contributed by atoms with van der Waals surface area (Å²) < 4.78 is 10.4. The van der Waals surface area contributed by atoms with Crippen LogP contribution in [0.15, 0.2) is 48.5 Å². The molecule has 0 heterocycles. The normalized spacial score (nSPS) is 12.8. The van der Waals surface area contributed by atoms with Gasteiger partial charge in [-0.3, -0.25) is 9.59 Å². The van der Waals surface area contributed by atoms with Crippen molar-refractivity contribution in [3.8, 4) is 5.75 Å². The lowest BCUT2D eigenvalue weighted by Crippen LogP contribution is -2.51. The standard InChI is InChI=1S/C26H35N3O5/c1-8-29(24(31)18(3)27-25(32)34-26(4,5)6)22(19-11-9-10-17(2)16-19)23(30)28-20-12-14-21(33-7)15-13-20/h9-16,18,22H,8H2,1-7H3,(H,27,32)(H,28,30). The first kappa shape index (κ1) is 26.7. The molecule has 2 rings (SSSR count). The van der Waals surface area contributed by atoms with Crippen LogP contribution in [0.2, 0.25) is 0 Å². The Hall–Kier alpha value is -3.55. The molecule has 3 amide bonds. The Bertz CT molecular complexity index is 998. The van der Waals surface area contributed by atoms with Crippen LogP contribution in [0.25, 0.3) is 0 Å². The van der Waals surface area contributed by atoms with E-state index in [0.29, 0.717) is 17.0 Å². The quantitative estimate of drug-likeness (QED) is 0.596. The van der Waals surface area contributed by atoms with Gasteiger partial charge in [-0.1, -0.05) is 29.8 Å². The van der Waals surface area contributed by atoms with Gasteiger partial charge in [-0.2, -0.15) is 0 Å². The lowest BCUT2D eigenvalue weighted by molar-refractivity contribution is -0.140. The highest BCUT2D eigenvalue weighted by molar-refractivity contribution is 5.99. The molecule has 0 aliphatic heterocycles. The molecule has 0 aliphatic carbocycles. The first-order valence-corrected chi connectivity index (χ1v) is 11.3. The second kappa shape index (κ2) is 11.5. The fourth-order valence-corrected chi connectivity index (χ4v) is 3.46. The second-order valence-corrected chi connectivity index (χ2v) is 9.03. The molecule has 0 saturated heterocycles. The molecule has 0 saturated carbocycles. The predicted octanol–water partition coefficient (Wildman–Crippen LogP) is 4.45. The van der Waals surface area contributed by atoms with Crippen LogP contribution in [0.3, 0.4) is 0 Å². The number of anilines is 1. The molecular formula is C26H35N3O5. The maximum absolute atomic E-state index is 13.5. The van der Waals surface area contributed by atoms with Crippen molar-refractivity contribution in [1.82, 2.24) is 10.2 Å². The summed E-state index contributed by atoms with van der Waals surface area (Å²) in [5.41, 5.74) is 1.51. The minimum absolute atomic E-state index is 0.258. The number of alkyl carbamates (subject to hydrolysis) is 1. The van der Waals surface area contributed by atoms with E-state index in [1.807, 2.05) is 31.2 Å². The van der Waals surface area contributed by atoms with Crippen molar-refractivity contribution in [3.05, 3.63) is 59.7 Å². The number of benzene rings is 2. The Morgan fingerprint density at radius 2 is 1.71 bits per heavy atom. The zero-order chi connectivity index (χ0) is 25.5. The Morgan fingerprint density at radius 3 is 2.24 bits per heavy atom. The molecule has 2 atom stereocenters. The molecule has 2 aromatic carbocycles. The summed E-state index contributed by atoms with van der Waals surface area (Å²) in [5, 5.41) is 5.46. The smallest absolute Gasteiger partial charge is 0.408 e. The number of likely N-dealkylation sites (N-methyl/N-ethyl adjacent to an activating group) is 1. The van der Waals surface area contributed by atoms with Crippen molar-refractivity contribution in [3.63, 3.8) is 0 Å². The maximum atomic E-state index is 13.5. The minimum atomic E-state index is -0.901. The van der Waals surface area contributed by atoms with E-state index in [9.17, 15) is 14.4 Å². The summed E-state index contributed by atoms with van der Waals surface area (Å²) >= 11 is 0. The van der Waals surface area contributed by atoms with Crippen LogP contribution in [-0.2, 0) is 14.3 Å². The number of hydrogen-bond donors (Lipinski definition) is 2. The lowest BCUT2D eigenvalue weighted by Gasteiger charge is -2.33. The molecule has 0 aliphatic rings. The van der Waals surface area contributed by atoms with Gasteiger partial charge >= 0.3 is 6.09 Å².